The molecule has 9 heteroatoms. The first-order chi connectivity index (χ1) is 10.6. The highest BCUT2D eigenvalue weighted by Crippen LogP contribution is 2.26. The van der Waals surface area contributed by atoms with Gasteiger partial charge in [0.05, 0.1) is 6.61 Å². The van der Waals surface area contributed by atoms with E-state index in [-0.39, 0.29) is 19.1 Å². The van der Waals surface area contributed by atoms with Crippen molar-refractivity contribution in [3.8, 4) is 0 Å². The highest BCUT2D eigenvalue weighted by molar-refractivity contribution is 7.88. The Labute approximate surface area is 136 Å². The van der Waals surface area contributed by atoms with Gasteiger partial charge in [-0.25, -0.2) is 4.79 Å². The molecule has 136 valence electrons. The van der Waals surface area contributed by atoms with Gasteiger partial charge in [-0.2, -0.15) is 8.42 Å². The maximum absolute atomic E-state index is 12.2. The molecule has 0 fully saturated rings. The Hall–Kier alpha value is -1.19. The van der Waals surface area contributed by atoms with Gasteiger partial charge in [0.25, 0.3) is 0 Å². The minimum Gasteiger partial charge on any atom is -0.481 e. The third kappa shape index (κ3) is 6.44. The smallest absolute Gasteiger partial charge is 0.357 e. The van der Waals surface area contributed by atoms with E-state index >= 15 is 0 Å². The quantitative estimate of drug-likeness (QED) is 0.401. The highest BCUT2D eigenvalue weighted by Gasteiger charge is 2.55. The van der Waals surface area contributed by atoms with Crippen molar-refractivity contribution >= 4 is 22.1 Å². The normalized spacial score (nSPS) is 15.7. The summed E-state index contributed by atoms with van der Waals surface area (Å²) in [6, 6.07) is 0. The Kier molecular flexibility index (Phi) is 9.33. The largest absolute Gasteiger partial charge is 0.481 e. The molecular weight excluding hydrogens is 328 g/mol. The molecule has 0 aromatic heterocycles. The van der Waals surface area contributed by atoms with Gasteiger partial charge in [0.15, 0.2) is 0 Å². The summed E-state index contributed by atoms with van der Waals surface area (Å²) in [7, 11) is -5.13. The number of hydrogen-bond acceptors (Lipinski definition) is 6. The van der Waals surface area contributed by atoms with Crippen molar-refractivity contribution in [3.63, 3.8) is 0 Å². The number of aliphatic carboxylic acids is 1. The summed E-state index contributed by atoms with van der Waals surface area (Å²) in [5, 5.41) is 8.86. The van der Waals surface area contributed by atoms with Gasteiger partial charge in [-0.1, -0.05) is 33.1 Å². The zero-order chi connectivity index (χ0) is 18.1. The lowest BCUT2D eigenvalue weighted by Gasteiger charge is -2.27. The molecule has 23 heavy (non-hydrogen) atoms. The second-order valence-electron chi connectivity index (χ2n) is 5.25. The molecule has 0 bridgehead atoms. The number of ether oxygens (including phenoxy) is 2. The molecule has 0 aliphatic carbocycles. The van der Waals surface area contributed by atoms with Crippen molar-refractivity contribution in [2.45, 2.75) is 57.8 Å². The van der Waals surface area contributed by atoms with E-state index in [0.717, 1.165) is 25.7 Å². The highest BCUT2D eigenvalue weighted by atomic mass is 32.2. The monoisotopic (exact) mass is 354 g/mol. The van der Waals surface area contributed by atoms with Crippen molar-refractivity contribution in [1.82, 2.24) is 0 Å². The molecule has 0 aromatic rings. The molecule has 2 unspecified atom stereocenters. The van der Waals surface area contributed by atoms with Gasteiger partial charge in [-0.15, -0.1) is 0 Å². The van der Waals surface area contributed by atoms with Crippen LogP contribution in [0.2, 0.25) is 0 Å². The molecule has 0 aliphatic rings. The topological polar surface area (TPSA) is 127 Å². The van der Waals surface area contributed by atoms with E-state index in [1.54, 1.807) is 0 Å². The first-order valence-electron chi connectivity index (χ1n) is 7.64. The van der Waals surface area contributed by atoms with E-state index in [9.17, 15) is 22.6 Å². The third-order valence-electron chi connectivity index (χ3n) is 3.48. The van der Waals surface area contributed by atoms with Gasteiger partial charge in [0.2, 0.25) is 0 Å². The van der Waals surface area contributed by atoms with Crippen LogP contribution in [0.15, 0.2) is 0 Å². The van der Waals surface area contributed by atoms with E-state index in [1.165, 1.54) is 6.92 Å². The number of esters is 1. The molecule has 0 saturated carbocycles. The lowest BCUT2D eigenvalue weighted by molar-refractivity contribution is -0.168. The molecule has 0 saturated heterocycles. The molecule has 0 aromatic carbocycles. The molecule has 0 amide bonds. The van der Waals surface area contributed by atoms with Crippen molar-refractivity contribution in [2.75, 3.05) is 13.2 Å². The minimum atomic E-state index is -5.13. The van der Waals surface area contributed by atoms with Crippen molar-refractivity contribution < 1.29 is 37.1 Å². The molecule has 0 rings (SSSR count). The molecule has 2 N–H and O–H groups in total. The molecular formula is C14H26O8S. The molecule has 0 spiro atoms. The van der Waals surface area contributed by atoms with E-state index in [1.807, 2.05) is 13.8 Å². The summed E-state index contributed by atoms with van der Waals surface area (Å²) in [5.41, 5.74) is 0. The SMILES string of the molecule is CCCCC(CC)COC(=O)C(CC(=O)O)(OCC)S(=O)(=O)O. The van der Waals surface area contributed by atoms with Gasteiger partial charge < -0.3 is 14.6 Å². The molecule has 8 nitrogen and oxygen atoms in total. The van der Waals surface area contributed by atoms with Gasteiger partial charge in [0.1, 0.15) is 6.42 Å². The Morgan fingerprint density at radius 1 is 1.22 bits per heavy atom. The molecule has 0 radical (unpaired) electrons. The second-order valence-corrected chi connectivity index (χ2v) is 6.86. The van der Waals surface area contributed by atoms with Gasteiger partial charge in [0, 0.05) is 6.61 Å². The number of unbranched alkanes of at least 4 members (excludes halogenated alkanes) is 1. The van der Waals surface area contributed by atoms with Crippen molar-refractivity contribution in [1.29, 1.82) is 0 Å². The first-order valence-corrected chi connectivity index (χ1v) is 9.08. The number of carboxylic acid groups (broad SMARTS) is 1. The number of carbonyl (C=O) groups excluding carboxylic acids is 1. The van der Waals surface area contributed by atoms with E-state index in [0.29, 0.717) is 0 Å². The Balaban J connectivity index is 5.24. The van der Waals surface area contributed by atoms with Crippen LogP contribution >= 0.6 is 0 Å². The molecule has 2 atom stereocenters. The Morgan fingerprint density at radius 2 is 1.83 bits per heavy atom. The first kappa shape index (κ1) is 21.8. The summed E-state index contributed by atoms with van der Waals surface area (Å²) in [6.07, 6.45) is 2.19. The lowest BCUT2D eigenvalue weighted by Crippen LogP contribution is -2.51. The van der Waals surface area contributed by atoms with Crippen LogP contribution in [-0.2, 0) is 29.2 Å². The van der Waals surface area contributed by atoms with Crippen molar-refractivity contribution in [3.05, 3.63) is 0 Å². The third-order valence-corrected chi connectivity index (χ3v) is 4.74. The van der Waals surface area contributed by atoms with Gasteiger partial charge in [-0.3, -0.25) is 9.35 Å². The minimum absolute atomic E-state index is 0.0319. The van der Waals surface area contributed by atoms with E-state index in [2.05, 4.69) is 0 Å². The van der Waals surface area contributed by atoms with Crippen LogP contribution < -0.4 is 0 Å². The van der Waals surface area contributed by atoms with Crippen LogP contribution in [0.5, 0.6) is 0 Å². The fraction of sp³-hybridized carbons (Fsp3) is 0.857. The van der Waals surface area contributed by atoms with Crippen LogP contribution in [-0.4, -0.2) is 48.2 Å². The summed E-state index contributed by atoms with van der Waals surface area (Å²) >= 11 is 0. The van der Waals surface area contributed by atoms with Gasteiger partial charge in [-0.05, 0) is 19.3 Å². The standard InChI is InChI=1S/C14H26O8S/c1-4-7-8-11(5-2)10-21-13(17)14(22-6-3,9-12(15)16)23(18,19)20/h11H,4-10H2,1-3H3,(H,15,16)(H,18,19,20). The maximum Gasteiger partial charge on any atom is 0.357 e. The zero-order valence-corrected chi connectivity index (χ0v) is 14.6. The number of hydrogen-bond donors (Lipinski definition) is 2. The Bertz CT molecular complexity index is 487. The number of carboxylic acids is 1. The number of rotatable bonds is 12. The van der Waals surface area contributed by atoms with Crippen LogP contribution in [0.1, 0.15) is 52.9 Å². The van der Waals surface area contributed by atoms with Crippen molar-refractivity contribution in [2.24, 2.45) is 5.92 Å². The molecule has 0 aliphatic heterocycles. The molecule has 0 heterocycles. The summed E-state index contributed by atoms with van der Waals surface area (Å²) in [6.45, 7) is 4.97. The predicted octanol–water partition coefficient (Wildman–Crippen LogP) is 1.84. The maximum atomic E-state index is 12.2. The summed E-state index contributed by atoms with van der Waals surface area (Å²) < 4.78 is 42.3. The Morgan fingerprint density at radius 3 is 2.22 bits per heavy atom. The summed E-state index contributed by atoms with van der Waals surface area (Å²) in [4.78, 5) is 20.2. The zero-order valence-electron chi connectivity index (χ0n) is 13.8. The fourth-order valence-electron chi connectivity index (χ4n) is 2.09. The number of carbonyl (C=O) groups is 2. The van der Waals surface area contributed by atoms with Crippen LogP contribution in [0.4, 0.5) is 0 Å². The van der Waals surface area contributed by atoms with E-state index < -0.39 is 33.4 Å². The average molecular weight is 354 g/mol. The van der Waals surface area contributed by atoms with Crippen LogP contribution in [0.3, 0.4) is 0 Å². The second kappa shape index (κ2) is 9.84. The van der Waals surface area contributed by atoms with E-state index in [4.69, 9.17) is 14.6 Å². The van der Waals surface area contributed by atoms with Crippen LogP contribution in [0, 0.1) is 5.92 Å². The van der Waals surface area contributed by atoms with Gasteiger partial charge >= 0.3 is 27.0 Å². The predicted molar refractivity (Wildman–Crippen MR) is 82.4 cm³/mol. The van der Waals surface area contributed by atoms with Crippen LogP contribution in [0.25, 0.3) is 0 Å². The fourth-order valence-corrected chi connectivity index (χ4v) is 2.93. The lowest BCUT2D eigenvalue weighted by atomic mass is 10.0. The average Bonchev–Trinajstić information content (AvgIpc) is 2.44. The summed E-state index contributed by atoms with van der Waals surface area (Å²) in [5.74, 6) is -2.98.